The zero-order valence-corrected chi connectivity index (χ0v) is 30.3. The predicted molar refractivity (Wildman–Crippen MR) is 191 cm³/mol. The van der Waals surface area contributed by atoms with Crippen LogP contribution in [0.3, 0.4) is 0 Å². The third-order valence-electron chi connectivity index (χ3n) is 13.2. The van der Waals surface area contributed by atoms with Crippen molar-refractivity contribution in [3.63, 3.8) is 0 Å². The molecule has 4 aliphatic carbocycles. The Kier molecular flexibility index (Phi) is 15.3. The molecule has 0 bridgehead atoms. The highest BCUT2D eigenvalue weighted by Gasteiger charge is 2.44. The van der Waals surface area contributed by atoms with E-state index in [9.17, 15) is 19.8 Å². The average Bonchev–Trinajstić information content (AvgIpc) is 3.26. The molecule has 3 saturated carbocycles. The second-order valence-electron chi connectivity index (χ2n) is 16.6. The summed E-state index contributed by atoms with van der Waals surface area (Å²) in [5.41, 5.74) is 0. The fraction of sp³-hybridized carbons (Fsp3) is 0.902. The standard InChI is InChI=1S/C41H68N2O5/c1-3-4-9-28-20-30(21-29-16-18-43-41(24-29)42-17-8-19-44)22-32-13-15-35(31-10-6-5-7-11-31)36-27-39(47)40(48-2)25-33(36)12-14-34(45)26-38(46)37(32)23-28/h28-33,35-37,39-44,47H,3-12,14,16-27H2,1-2H3. The molecule has 0 amide bonds. The number of carbonyl (C=O) groups is 2. The maximum atomic E-state index is 14.1. The fourth-order valence-electron chi connectivity index (χ4n) is 10.6. The van der Waals surface area contributed by atoms with Gasteiger partial charge in [-0.3, -0.25) is 9.59 Å². The van der Waals surface area contributed by atoms with Crippen LogP contribution in [0, 0.1) is 65.1 Å². The molecule has 0 aromatic carbocycles. The van der Waals surface area contributed by atoms with Gasteiger partial charge in [0.1, 0.15) is 11.6 Å². The first-order chi connectivity index (χ1) is 23.4. The SMILES string of the molecule is CCCCC1CC(CC2CCNC(NCCCO)C2)CC2C#CC(C3CCCCC3)C3CC(O)C(OC)CC3CCC(=O)CC(=O)C2C1. The molecular weight excluding hydrogens is 600 g/mol. The van der Waals surface area contributed by atoms with Gasteiger partial charge in [0.15, 0.2) is 0 Å². The van der Waals surface area contributed by atoms with Crippen molar-refractivity contribution in [2.75, 3.05) is 26.8 Å². The Labute approximate surface area is 291 Å². The monoisotopic (exact) mass is 669 g/mol. The second kappa shape index (κ2) is 19.3. The van der Waals surface area contributed by atoms with Gasteiger partial charge in [-0.15, -0.1) is 0 Å². The maximum absolute atomic E-state index is 14.1. The fourth-order valence-corrected chi connectivity index (χ4v) is 10.6. The number of ketones is 2. The Morgan fingerprint density at radius 3 is 2.50 bits per heavy atom. The van der Waals surface area contributed by atoms with Gasteiger partial charge in [0.2, 0.25) is 0 Å². The summed E-state index contributed by atoms with van der Waals surface area (Å²) >= 11 is 0. The van der Waals surface area contributed by atoms with E-state index in [0.717, 1.165) is 58.0 Å². The molecule has 4 fully saturated rings. The van der Waals surface area contributed by atoms with Crippen LogP contribution in [0.2, 0.25) is 0 Å². The van der Waals surface area contributed by atoms with Crippen molar-refractivity contribution < 1.29 is 24.5 Å². The highest BCUT2D eigenvalue weighted by Crippen LogP contribution is 2.46. The molecule has 5 rings (SSSR count). The Morgan fingerprint density at radius 1 is 0.896 bits per heavy atom. The van der Waals surface area contributed by atoms with Gasteiger partial charge in [-0.2, -0.15) is 0 Å². The number of rotatable bonds is 11. The minimum atomic E-state index is -0.490. The van der Waals surface area contributed by atoms with E-state index in [-0.39, 0.29) is 60.3 Å². The molecule has 4 N–H and O–H groups in total. The van der Waals surface area contributed by atoms with Gasteiger partial charge in [-0.1, -0.05) is 57.3 Å². The first-order valence-electron chi connectivity index (χ1n) is 20.2. The number of ether oxygens (including phenoxy) is 1. The summed E-state index contributed by atoms with van der Waals surface area (Å²) in [6.07, 6.45) is 19.3. The van der Waals surface area contributed by atoms with E-state index in [1.807, 2.05) is 0 Å². The number of fused-ring (bicyclic) bond motifs is 2. The highest BCUT2D eigenvalue weighted by molar-refractivity contribution is 6.00. The normalized spacial score (nSPS) is 38.8. The number of hydrogen-bond donors (Lipinski definition) is 4. The first-order valence-corrected chi connectivity index (χ1v) is 20.2. The van der Waals surface area contributed by atoms with Gasteiger partial charge in [-0.25, -0.2) is 0 Å². The molecule has 5 aliphatic rings. The molecule has 1 heterocycles. The van der Waals surface area contributed by atoms with Gasteiger partial charge in [-0.05, 0) is 126 Å². The smallest absolute Gasteiger partial charge is 0.144 e. The lowest BCUT2D eigenvalue weighted by Crippen LogP contribution is -2.48. The molecule has 11 atom stereocenters. The van der Waals surface area contributed by atoms with Crippen molar-refractivity contribution in [2.24, 2.45) is 53.3 Å². The molecule has 0 radical (unpaired) electrons. The van der Waals surface area contributed by atoms with Gasteiger partial charge in [0.05, 0.1) is 24.8 Å². The van der Waals surface area contributed by atoms with E-state index in [4.69, 9.17) is 4.74 Å². The van der Waals surface area contributed by atoms with Crippen molar-refractivity contribution in [3.8, 4) is 11.8 Å². The number of hydrogen-bond acceptors (Lipinski definition) is 7. The summed E-state index contributed by atoms with van der Waals surface area (Å²) in [4.78, 5) is 27.6. The number of piperidine rings is 1. The summed E-state index contributed by atoms with van der Waals surface area (Å²) in [5, 5.41) is 27.7. The van der Waals surface area contributed by atoms with Crippen LogP contribution in [0.4, 0.5) is 0 Å². The van der Waals surface area contributed by atoms with Crippen LogP contribution in [-0.4, -0.2) is 67.0 Å². The van der Waals surface area contributed by atoms with Crippen LogP contribution in [0.1, 0.15) is 135 Å². The van der Waals surface area contributed by atoms with Crippen LogP contribution in [0.15, 0.2) is 0 Å². The molecule has 0 aromatic heterocycles. The molecule has 7 heteroatoms. The number of aliphatic hydroxyl groups excluding tert-OH is 2. The van der Waals surface area contributed by atoms with E-state index >= 15 is 0 Å². The zero-order valence-electron chi connectivity index (χ0n) is 30.3. The van der Waals surface area contributed by atoms with Crippen LogP contribution >= 0.6 is 0 Å². The molecule has 1 aliphatic heterocycles. The third kappa shape index (κ3) is 10.6. The number of methoxy groups -OCH3 is 1. The molecule has 272 valence electrons. The lowest BCUT2D eigenvalue weighted by atomic mass is 9.63. The van der Waals surface area contributed by atoms with Gasteiger partial charge in [0, 0.05) is 37.9 Å². The zero-order chi connectivity index (χ0) is 33.9. The van der Waals surface area contributed by atoms with E-state index in [1.165, 1.54) is 64.2 Å². The summed E-state index contributed by atoms with van der Waals surface area (Å²) in [5.74, 6) is 10.9. The minimum absolute atomic E-state index is 0.00585. The number of Topliss-reactive ketones (excluding diaryl/α,β-unsaturated/α-hetero) is 2. The van der Waals surface area contributed by atoms with Crippen molar-refractivity contribution >= 4 is 11.6 Å². The van der Waals surface area contributed by atoms with E-state index in [2.05, 4.69) is 29.4 Å². The minimum Gasteiger partial charge on any atom is -0.396 e. The Hall–Kier alpha value is -1.30. The van der Waals surface area contributed by atoms with Gasteiger partial charge in [0.25, 0.3) is 0 Å². The highest BCUT2D eigenvalue weighted by atomic mass is 16.5. The van der Waals surface area contributed by atoms with Crippen LogP contribution in [-0.2, 0) is 14.3 Å². The molecule has 0 aromatic rings. The van der Waals surface area contributed by atoms with Crippen LogP contribution in [0.25, 0.3) is 0 Å². The van der Waals surface area contributed by atoms with Crippen molar-refractivity contribution in [1.29, 1.82) is 0 Å². The molecule has 0 spiro atoms. The summed E-state index contributed by atoms with van der Waals surface area (Å²) in [7, 11) is 1.69. The van der Waals surface area contributed by atoms with Gasteiger partial charge < -0.3 is 25.6 Å². The van der Waals surface area contributed by atoms with Crippen molar-refractivity contribution in [2.45, 2.75) is 154 Å². The average molecular weight is 669 g/mol. The lowest BCUT2D eigenvalue weighted by Gasteiger charge is -2.44. The quantitative estimate of drug-likeness (QED) is 0.114. The van der Waals surface area contributed by atoms with Gasteiger partial charge >= 0.3 is 0 Å². The van der Waals surface area contributed by atoms with Crippen LogP contribution < -0.4 is 10.6 Å². The van der Waals surface area contributed by atoms with Crippen LogP contribution in [0.5, 0.6) is 0 Å². The number of nitrogens with one attached hydrogen (secondary N) is 2. The lowest BCUT2D eigenvalue weighted by molar-refractivity contribution is -0.130. The second-order valence-corrected chi connectivity index (χ2v) is 16.6. The summed E-state index contributed by atoms with van der Waals surface area (Å²) in [6, 6.07) is 0. The van der Waals surface area contributed by atoms with Crippen molar-refractivity contribution in [1.82, 2.24) is 10.6 Å². The Morgan fingerprint density at radius 2 is 1.73 bits per heavy atom. The molecule has 48 heavy (non-hydrogen) atoms. The number of carbonyl (C=O) groups excluding carboxylic acids is 2. The number of aliphatic hydroxyl groups is 2. The first kappa shape index (κ1) is 37.9. The Balaban J connectivity index is 1.44. The third-order valence-corrected chi connectivity index (χ3v) is 13.2. The molecule has 11 unspecified atom stereocenters. The molecule has 7 nitrogen and oxygen atoms in total. The van der Waals surface area contributed by atoms with E-state index in [1.54, 1.807) is 7.11 Å². The molecular formula is C41H68N2O5. The van der Waals surface area contributed by atoms with E-state index in [0.29, 0.717) is 42.7 Å². The van der Waals surface area contributed by atoms with Crippen molar-refractivity contribution in [3.05, 3.63) is 0 Å². The van der Waals surface area contributed by atoms with E-state index < -0.39 is 6.10 Å². The number of unbranched alkanes of at least 4 members (excludes halogenated alkanes) is 1. The maximum Gasteiger partial charge on any atom is 0.144 e. The summed E-state index contributed by atoms with van der Waals surface area (Å²) < 4.78 is 5.73. The predicted octanol–water partition coefficient (Wildman–Crippen LogP) is 6.44. The molecule has 1 saturated heterocycles. The summed E-state index contributed by atoms with van der Waals surface area (Å²) in [6.45, 7) is 4.32. The largest absolute Gasteiger partial charge is 0.396 e. The topological polar surface area (TPSA) is 108 Å². The Bertz CT molecular complexity index is 1060.